The van der Waals surface area contributed by atoms with Gasteiger partial charge in [0.25, 0.3) is 0 Å². The van der Waals surface area contributed by atoms with Crippen LogP contribution < -0.4 is 9.47 Å². The highest BCUT2D eigenvalue weighted by atomic mass is 32.1. The number of thiocarbonyl (C=S) groups is 1. The van der Waals surface area contributed by atoms with Gasteiger partial charge in [-0.2, -0.15) is 4.99 Å². The zero-order valence-corrected chi connectivity index (χ0v) is 12.5. The fraction of sp³-hybridized carbons (Fsp3) is 0.188. The Hall–Kier alpha value is -2.16. The molecule has 0 amide bonds. The lowest BCUT2D eigenvalue weighted by molar-refractivity contribution is 0.395. The van der Waals surface area contributed by atoms with Crippen molar-refractivity contribution in [2.45, 2.75) is 6.92 Å². The van der Waals surface area contributed by atoms with E-state index < -0.39 is 0 Å². The molecule has 0 bridgehead atoms. The predicted octanol–water partition coefficient (Wildman–Crippen LogP) is 4.41. The highest BCUT2D eigenvalue weighted by molar-refractivity contribution is 7.78. The minimum Gasteiger partial charge on any atom is -0.497 e. The van der Waals surface area contributed by atoms with Crippen LogP contribution in [-0.2, 0) is 0 Å². The second-order valence-electron chi connectivity index (χ2n) is 4.22. The number of nitrogens with zero attached hydrogens (tertiary/aromatic N) is 1. The summed E-state index contributed by atoms with van der Waals surface area (Å²) in [6.07, 6.45) is 0. The van der Waals surface area contributed by atoms with Crippen molar-refractivity contribution in [3.8, 4) is 22.6 Å². The topological polar surface area (TPSA) is 30.8 Å². The van der Waals surface area contributed by atoms with Crippen molar-refractivity contribution >= 4 is 23.1 Å². The average Bonchev–Trinajstić information content (AvgIpc) is 2.49. The lowest BCUT2D eigenvalue weighted by Gasteiger charge is -2.13. The third kappa shape index (κ3) is 2.72. The third-order valence-corrected chi connectivity index (χ3v) is 3.26. The molecule has 0 spiro atoms. The van der Waals surface area contributed by atoms with Crippen molar-refractivity contribution in [2.24, 2.45) is 4.99 Å². The summed E-state index contributed by atoms with van der Waals surface area (Å²) >= 11 is 4.68. The van der Waals surface area contributed by atoms with E-state index in [0.717, 1.165) is 33.9 Å². The van der Waals surface area contributed by atoms with Crippen molar-refractivity contribution in [3.63, 3.8) is 0 Å². The number of isothiocyanates is 1. The first-order valence-electron chi connectivity index (χ1n) is 6.11. The summed E-state index contributed by atoms with van der Waals surface area (Å²) in [5.41, 5.74) is 3.90. The van der Waals surface area contributed by atoms with E-state index in [9.17, 15) is 0 Å². The maximum atomic E-state index is 5.45. The van der Waals surface area contributed by atoms with Crippen LogP contribution in [0.25, 0.3) is 11.1 Å². The molecule has 0 aliphatic carbocycles. The normalized spacial score (nSPS) is 9.75. The highest BCUT2D eigenvalue weighted by Gasteiger charge is 2.11. The molecule has 0 N–H and O–H groups in total. The Kier molecular flexibility index (Phi) is 4.51. The average molecular weight is 285 g/mol. The van der Waals surface area contributed by atoms with E-state index >= 15 is 0 Å². The highest BCUT2D eigenvalue weighted by Crippen LogP contribution is 2.37. The van der Waals surface area contributed by atoms with Crippen LogP contribution in [0.15, 0.2) is 41.4 Å². The van der Waals surface area contributed by atoms with Gasteiger partial charge >= 0.3 is 0 Å². The minimum atomic E-state index is 0.760. The molecule has 2 rings (SSSR count). The Labute approximate surface area is 123 Å². The molecule has 0 aliphatic heterocycles. The molecule has 2 aromatic rings. The van der Waals surface area contributed by atoms with Gasteiger partial charge in [0.2, 0.25) is 0 Å². The predicted molar refractivity (Wildman–Crippen MR) is 84.4 cm³/mol. The monoisotopic (exact) mass is 285 g/mol. The maximum Gasteiger partial charge on any atom is 0.130 e. The molecule has 20 heavy (non-hydrogen) atoms. The molecule has 0 aromatic heterocycles. The first-order chi connectivity index (χ1) is 9.71. The van der Waals surface area contributed by atoms with Crippen molar-refractivity contribution in [1.29, 1.82) is 0 Å². The van der Waals surface area contributed by atoms with Crippen LogP contribution in [0.4, 0.5) is 5.69 Å². The standard InChI is InChI=1S/C16H15NO2S/c1-11-13(5-4-6-15(11)17-10-20)14-8-7-12(18-2)9-16(14)19-3/h4-9H,1-3H3. The smallest absolute Gasteiger partial charge is 0.130 e. The number of methoxy groups -OCH3 is 2. The summed E-state index contributed by atoms with van der Waals surface area (Å²) in [6, 6.07) is 11.6. The van der Waals surface area contributed by atoms with Crippen LogP contribution in [0, 0.1) is 6.92 Å². The number of ether oxygens (including phenoxy) is 2. The van der Waals surface area contributed by atoms with E-state index in [-0.39, 0.29) is 0 Å². The molecule has 0 fully saturated rings. The molecular weight excluding hydrogens is 270 g/mol. The molecule has 0 unspecified atom stereocenters. The van der Waals surface area contributed by atoms with Crippen LogP contribution in [0.2, 0.25) is 0 Å². The molecule has 0 saturated heterocycles. The Bertz CT molecular complexity index is 676. The van der Waals surface area contributed by atoms with E-state index in [4.69, 9.17) is 9.47 Å². The minimum absolute atomic E-state index is 0.760. The van der Waals surface area contributed by atoms with E-state index in [1.54, 1.807) is 14.2 Å². The largest absolute Gasteiger partial charge is 0.497 e. The van der Waals surface area contributed by atoms with E-state index in [1.165, 1.54) is 0 Å². The van der Waals surface area contributed by atoms with Gasteiger partial charge in [-0.15, -0.1) is 0 Å². The Morgan fingerprint density at radius 2 is 1.85 bits per heavy atom. The molecule has 0 aliphatic rings. The van der Waals surface area contributed by atoms with Crippen molar-refractivity contribution in [2.75, 3.05) is 14.2 Å². The zero-order valence-electron chi connectivity index (χ0n) is 11.6. The van der Waals surface area contributed by atoms with Gasteiger partial charge in [-0.25, -0.2) is 0 Å². The van der Waals surface area contributed by atoms with Gasteiger partial charge < -0.3 is 9.47 Å². The molecule has 0 radical (unpaired) electrons. The Morgan fingerprint density at radius 1 is 1.05 bits per heavy atom. The second kappa shape index (κ2) is 6.33. The maximum absolute atomic E-state index is 5.45. The summed E-state index contributed by atoms with van der Waals surface area (Å²) < 4.78 is 10.7. The SMILES string of the molecule is COc1ccc(-c2cccc(N=C=S)c2C)c(OC)c1. The van der Waals surface area contributed by atoms with Crippen molar-refractivity contribution < 1.29 is 9.47 Å². The number of rotatable bonds is 4. The van der Waals surface area contributed by atoms with Gasteiger partial charge in [0.1, 0.15) is 11.5 Å². The van der Waals surface area contributed by atoms with E-state index in [2.05, 4.69) is 22.4 Å². The fourth-order valence-corrected chi connectivity index (χ4v) is 2.20. The van der Waals surface area contributed by atoms with Crippen LogP contribution in [0.3, 0.4) is 0 Å². The van der Waals surface area contributed by atoms with Gasteiger partial charge in [-0.05, 0) is 48.5 Å². The number of benzene rings is 2. The summed E-state index contributed by atoms with van der Waals surface area (Å²) in [7, 11) is 3.28. The summed E-state index contributed by atoms with van der Waals surface area (Å²) in [5.74, 6) is 1.52. The Morgan fingerprint density at radius 3 is 2.50 bits per heavy atom. The van der Waals surface area contributed by atoms with Crippen LogP contribution >= 0.6 is 12.2 Å². The third-order valence-electron chi connectivity index (χ3n) is 3.17. The quantitative estimate of drug-likeness (QED) is 0.615. The zero-order chi connectivity index (χ0) is 14.5. The number of aliphatic imine (C=N–C) groups is 1. The lowest BCUT2D eigenvalue weighted by atomic mass is 9.98. The van der Waals surface area contributed by atoms with Gasteiger partial charge in [0.15, 0.2) is 0 Å². The first kappa shape index (κ1) is 14.3. The van der Waals surface area contributed by atoms with Gasteiger partial charge in [0.05, 0.1) is 25.1 Å². The lowest BCUT2D eigenvalue weighted by Crippen LogP contribution is -1.92. The second-order valence-corrected chi connectivity index (χ2v) is 4.40. The Balaban J connectivity index is 2.62. The summed E-state index contributed by atoms with van der Waals surface area (Å²) in [4.78, 5) is 4.08. The first-order valence-corrected chi connectivity index (χ1v) is 6.52. The fourth-order valence-electron chi connectivity index (χ4n) is 2.11. The molecule has 3 nitrogen and oxygen atoms in total. The van der Waals surface area contributed by atoms with Gasteiger partial charge in [-0.3, -0.25) is 0 Å². The molecular formula is C16H15NO2S. The van der Waals surface area contributed by atoms with E-state index in [1.807, 2.05) is 43.3 Å². The van der Waals surface area contributed by atoms with Crippen LogP contribution in [0.5, 0.6) is 11.5 Å². The van der Waals surface area contributed by atoms with Gasteiger partial charge in [0, 0.05) is 11.6 Å². The molecule has 0 heterocycles. The number of hydrogen-bond acceptors (Lipinski definition) is 4. The molecule has 4 heteroatoms. The summed E-state index contributed by atoms with van der Waals surface area (Å²) in [6.45, 7) is 2.00. The van der Waals surface area contributed by atoms with Gasteiger partial charge in [-0.1, -0.05) is 12.1 Å². The van der Waals surface area contributed by atoms with E-state index in [0.29, 0.717) is 0 Å². The summed E-state index contributed by atoms with van der Waals surface area (Å²) in [5, 5.41) is 2.41. The van der Waals surface area contributed by atoms with Crippen molar-refractivity contribution in [1.82, 2.24) is 0 Å². The molecule has 102 valence electrons. The molecule has 0 saturated carbocycles. The number of hydrogen-bond donors (Lipinski definition) is 0. The van der Waals surface area contributed by atoms with Crippen LogP contribution in [-0.4, -0.2) is 19.4 Å². The molecule has 0 atom stereocenters. The van der Waals surface area contributed by atoms with Crippen molar-refractivity contribution in [3.05, 3.63) is 42.0 Å². The molecule has 2 aromatic carbocycles. The van der Waals surface area contributed by atoms with Crippen LogP contribution in [0.1, 0.15) is 5.56 Å².